The van der Waals surface area contributed by atoms with Crippen molar-refractivity contribution in [3.8, 4) is 6.07 Å². The number of hydrogen-bond donors (Lipinski definition) is 1. The Hall–Kier alpha value is -0.550. The number of nitriles is 1. The van der Waals surface area contributed by atoms with E-state index in [1.165, 1.54) is 12.8 Å². The van der Waals surface area contributed by atoms with Gasteiger partial charge in [0.25, 0.3) is 0 Å². The highest BCUT2D eigenvalue weighted by Crippen LogP contribution is 2.17. The Morgan fingerprint density at radius 3 is 2.50 bits per heavy atom. The Bertz CT molecular complexity index is 146. The number of unbranched alkanes of at least 4 members (excludes halogenated alkanes) is 3. The molecular weight excluding hydrogens is 150 g/mol. The minimum Gasteiger partial charge on any atom is -0.389 e. The zero-order chi connectivity index (χ0) is 9.45. The second-order valence-corrected chi connectivity index (χ2v) is 3.64. The quantitative estimate of drug-likeness (QED) is 0.621. The van der Waals surface area contributed by atoms with Crippen LogP contribution in [-0.4, -0.2) is 10.7 Å². The molecule has 0 heterocycles. The lowest BCUT2D eigenvalue weighted by Gasteiger charge is -2.19. The van der Waals surface area contributed by atoms with Gasteiger partial charge in [-0.1, -0.05) is 32.6 Å². The van der Waals surface area contributed by atoms with E-state index in [9.17, 15) is 5.11 Å². The second-order valence-electron chi connectivity index (χ2n) is 3.64. The van der Waals surface area contributed by atoms with Gasteiger partial charge in [0.05, 0.1) is 18.1 Å². The molecule has 1 N–H and O–H groups in total. The molecule has 0 saturated carbocycles. The first kappa shape index (κ1) is 11.4. The van der Waals surface area contributed by atoms with E-state index in [2.05, 4.69) is 6.92 Å². The van der Waals surface area contributed by atoms with Crippen molar-refractivity contribution in [1.29, 1.82) is 5.26 Å². The molecule has 0 amide bonds. The van der Waals surface area contributed by atoms with Crippen molar-refractivity contribution < 1.29 is 5.11 Å². The summed E-state index contributed by atoms with van der Waals surface area (Å²) in [6.45, 7) is 3.90. The van der Waals surface area contributed by atoms with E-state index in [-0.39, 0.29) is 6.42 Å². The maximum atomic E-state index is 9.59. The fourth-order valence-corrected chi connectivity index (χ4v) is 1.19. The number of hydrogen-bond acceptors (Lipinski definition) is 2. The second kappa shape index (κ2) is 6.02. The van der Waals surface area contributed by atoms with Crippen LogP contribution in [0.1, 0.15) is 52.4 Å². The van der Waals surface area contributed by atoms with Crippen LogP contribution in [0.15, 0.2) is 0 Å². The summed E-state index contributed by atoms with van der Waals surface area (Å²) >= 11 is 0. The third-order valence-electron chi connectivity index (χ3n) is 2.03. The summed E-state index contributed by atoms with van der Waals surface area (Å²) in [6, 6.07) is 2.00. The predicted octanol–water partition coefficient (Wildman–Crippen LogP) is 2.62. The van der Waals surface area contributed by atoms with Gasteiger partial charge in [-0.2, -0.15) is 5.26 Å². The van der Waals surface area contributed by atoms with Gasteiger partial charge >= 0.3 is 0 Å². The van der Waals surface area contributed by atoms with Gasteiger partial charge in [0.15, 0.2) is 0 Å². The summed E-state index contributed by atoms with van der Waals surface area (Å²) in [5.41, 5.74) is -0.761. The monoisotopic (exact) mass is 169 g/mol. The molecule has 12 heavy (non-hydrogen) atoms. The molecule has 2 nitrogen and oxygen atoms in total. The number of rotatable bonds is 6. The predicted molar refractivity (Wildman–Crippen MR) is 49.6 cm³/mol. The molecule has 0 saturated heterocycles. The van der Waals surface area contributed by atoms with Crippen LogP contribution < -0.4 is 0 Å². The molecule has 0 aliphatic heterocycles. The zero-order valence-corrected chi connectivity index (χ0v) is 8.14. The molecule has 0 rings (SSSR count). The van der Waals surface area contributed by atoms with Crippen LogP contribution in [0, 0.1) is 11.3 Å². The molecule has 70 valence electrons. The van der Waals surface area contributed by atoms with Gasteiger partial charge in [-0.25, -0.2) is 0 Å². The summed E-state index contributed by atoms with van der Waals surface area (Å²) in [4.78, 5) is 0. The fourth-order valence-electron chi connectivity index (χ4n) is 1.19. The average molecular weight is 169 g/mol. The third kappa shape index (κ3) is 6.18. The van der Waals surface area contributed by atoms with E-state index in [0.717, 1.165) is 19.3 Å². The van der Waals surface area contributed by atoms with Crippen LogP contribution in [0.4, 0.5) is 0 Å². The molecule has 0 aromatic rings. The fraction of sp³-hybridized carbons (Fsp3) is 0.900. The van der Waals surface area contributed by atoms with Crippen molar-refractivity contribution in [2.75, 3.05) is 0 Å². The third-order valence-corrected chi connectivity index (χ3v) is 2.03. The highest BCUT2D eigenvalue weighted by Gasteiger charge is 2.18. The molecule has 0 radical (unpaired) electrons. The van der Waals surface area contributed by atoms with E-state index in [1.54, 1.807) is 6.92 Å². The molecule has 1 unspecified atom stereocenters. The minimum absolute atomic E-state index is 0.249. The van der Waals surface area contributed by atoms with Gasteiger partial charge in [-0.15, -0.1) is 0 Å². The van der Waals surface area contributed by atoms with E-state index in [1.807, 2.05) is 6.07 Å². The zero-order valence-electron chi connectivity index (χ0n) is 8.14. The summed E-state index contributed by atoms with van der Waals surface area (Å²) < 4.78 is 0. The van der Waals surface area contributed by atoms with Gasteiger partial charge in [0.2, 0.25) is 0 Å². The SMILES string of the molecule is CCCCCCC(C)(O)CC#N. The Morgan fingerprint density at radius 2 is 2.00 bits per heavy atom. The highest BCUT2D eigenvalue weighted by atomic mass is 16.3. The summed E-state index contributed by atoms with van der Waals surface area (Å²) in [7, 11) is 0. The molecule has 0 aliphatic carbocycles. The Kier molecular flexibility index (Phi) is 5.74. The van der Waals surface area contributed by atoms with Gasteiger partial charge in [0.1, 0.15) is 0 Å². The molecule has 0 aromatic carbocycles. The van der Waals surface area contributed by atoms with Crippen molar-refractivity contribution in [3.05, 3.63) is 0 Å². The maximum absolute atomic E-state index is 9.59. The van der Waals surface area contributed by atoms with Gasteiger partial charge in [0, 0.05) is 0 Å². The lowest BCUT2D eigenvalue weighted by Crippen LogP contribution is -2.22. The minimum atomic E-state index is -0.761. The van der Waals surface area contributed by atoms with Crippen molar-refractivity contribution >= 4 is 0 Å². The first-order chi connectivity index (χ1) is 5.62. The molecular formula is C10H19NO. The van der Waals surface area contributed by atoms with Gasteiger partial charge in [-0.3, -0.25) is 0 Å². The average Bonchev–Trinajstić information content (AvgIpc) is 1.98. The molecule has 0 fully saturated rings. The number of aliphatic hydroxyl groups is 1. The molecule has 0 aromatic heterocycles. The van der Waals surface area contributed by atoms with E-state index >= 15 is 0 Å². The Balaban J connectivity index is 3.42. The maximum Gasteiger partial charge on any atom is 0.0749 e. The number of nitrogens with zero attached hydrogens (tertiary/aromatic N) is 1. The van der Waals surface area contributed by atoms with Crippen LogP contribution in [0.25, 0.3) is 0 Å². The molecule has 0 bridgehead atoms. The molecule has 0 aliphatic rings. The molecule has 2 heteroatoms. The highest BCUT2D eigenvalue weighted by molar-refractivity contribution is 4.84. The topological polar surface area (TPSA) is 44.0 Å². The van der Waals surface area contributed by atoms with Crippen LogP contribution in [0.2, 0.25) is 0 Å². The smallest absolute Gasteiger partial charge is 0.0749 e. The van der Waals surface area contributed by atoms with Crippen LogP contribution in [-0.2, 0) is 0 Å². The first-order valence-electron chi connectivity index (χ1n) is 4.71. The summed E-state index contributed by atoms with van der Waals surface area (Å²) in [5.74, 6) is 0. The van der Waals surface area contributed by atoms with E-state index in [0.29, 0.717) is 0 Å². The van der Waals surface area contributed by atoms with E-state index < -0.39 is 5.60 Å². The lowest BCUT2D eigenvalue weighted by molar-refractivity contribution is 0.0529. The Morgan fingerprint density at radius 1 is 1.33 bits per heavy atom. The van der Waals surface area contributed by atoms with E-state index in [4.69, 9.17) is 5.26 Å². The van der Waals surface area contributed by atoms with Crippen molar-refractivity contribution in [2.45, 2.75) is 58.0 Å². The van der Waals surface area contributed by atoms with Crippen LogP contribution >= 0.6 is 0 Å². The molecule has 1 atom stereocenters. The lowest BCUT2D eigenvalue weighted by atomic mass is 9.95. The van der Waals surface area contributed by atoms with Gasteiger partial charge in [-0.05, 0) is 13.3 Å². The first-order valence-corrected chi connectivity index (χ1v) is 4.71. The summed E-state index contributed by atoms with van der Waals surface area (Å²) in [6.07, 6.45) is 5.63. The summed E-state index contributed by atoms with van der Waals surface area (Å²) in [5, 5.41) is 18.0. The molecule has 0 spiro atoms. The van der Waals surface area contributed by atoms with Crippen LogP contribution in [0.3, 0.4) is 0 Å². The normalized spacial score (nSPS) is 15.2. The largest absolute Gasteiger partial charge is 0.389 e. The van der Waals surface area contributed by atoms with Gasteiger partial charge < -0.3 is 5.11 Å². The van der Waals surface area contributed by atoms with Crippen LogP contribution in [0.5, 0.6) is 0 Å². The van der Waals surface area contributed by atoms with Crippen molar-refractivity contribution in [2.24, 2.45) is 0 Å². The van der Waals surface area contributed by atoms with Crippen molar-refractivity contribution in [1.82, 2.24) is 0 Å². The van der Waals surface area contributed by atoms with Crippen molar-refractivity contribution in [3.63, 3.8) is 0 Å². The standard InChI is InChI=1S/C10H19NO/c1-3-4-5-6-7-10(2,12)8-9-11/h12H,3-8H2,1-2H3. The Labute approximate surface area is 75.2 Å².